The number of hydrogen-bond donors (Lipinski definition) is 1. The van der Waals surface area contributed by atoms with Gasteiger partial charge in [0.15, 0.2) is 5.82 Å². The number of aryl methyl sites for hydroxylation is 1. The molecule has 0 radical (unpaired) electrons. The second kappa shape index (κ2) is 10.2. The largest absolute Gasteiger partial charge is 0.343 e. The summed E-state index contributed by atoms with van der Waals surface area (Å²) in [7, 11) is 2.10. The van der Waals surface area contributed by atoms with Gasteiger partial charge in [-0.15, -0.1) is 12.4 Å². The van der Waals surface area contributed by atoms with Gasteiger partial charge >= 0.3 is 0 Å². The fourth-order valence-corrected chi connectivity index (χ4v) is 4.07. The Morgan fingerprint density at radius 1 is 1.21 bits per heavy atom. The number of rotatable bonds is 5. The molecule has 8 heteroatoms. The van der Waals surface area contributed by atoms with Crippen molar-refractivity contribution in [3.63, 3.8) is 0 Å². The predicted molar refractivity (Wildman–Crippen MR) is 113 cm³/mol. The SMILES string of the molecule is CN1CCNCC1c1noc(C2CCN(C(=O)CCc3ccccc3)CC2)n1.Cl. The van der Waals surface area contributed by atoms with E-state index in [1.165, 1.54) is 5.56 Å². The van der Waals surface area contributed by atoms with Crippen LogP contribution in [-0.2, 0) is 11.2 Å². The number of nitrogens with one attached hydrogen (secondary N) is 1. The van der Waals surface area contributed by atoms with Gasteiger partial charge in [-0.1, -0.05) is 35.5 Å². The maximum absolute atomic E-state index is 12.5. The minimum atomic E-state index is 0. The van der Waals surface area contributed by atoms with Crippen LogP contribution >= 0.6 is 12.4 Å². The number of likely N-dealkylation sites (tertiary alicyclic amines) is 1. The number of amides is 1. The molecule has 2 saturated heterocycles. The van der Waals surface area contributed by atoms with Gasteiger partial charge in [0, 0.05) is 45.1 Å². The first kappa shape index (κ1) is 21.7. The molecule has 1 aromatic heterocycles. The minimum Gasteiger partial charge on any atom is -0.343 e. The first-order chi connectivity index (χ1) is 13.7. The highest BCUT2D eigenvalue weighted by atomic mass is 35.5. The fraction of sp³-hybridized carbons (Fsp3) is 0.571. The van der Waals surface area contributed by atoms with E-state index in [1.54, 1.807) is 0 Å². The van der Waals surface area contributed by atoms with Gasteiger partial charge in [-0.05, 0) is 31.9 Å². The number of carbonyl (C=O) groups is 1. The third-order valence-corrected chi connectivity index (χ3v) is 5.93. The molecule has 0 aliphatic carbocycles. The van der Waals surface area contributed by atoms with Crippen LogP contribution in [0, 0.1) is 0 Å². The Morgan fingerprint density at radius 3 is 2.69 bits per heavy atom. The van der Waals surface area contributed by atoms with Gasteiger partial charge in [0.05, 0.1) is 6.04 Å². The van der Waals surface area contributed by atoms with Crippen molar-refractivity contribution in [2.45, 2.75) is 37.6 Å². The standard InChI is InChI=1S/C21H29N5O2.ClH/c1-25-14-11-22-15-18(25)20-23-21(28-24-20)17-9-12-26(13-10-17)19(27)8-7-16-5-3-2-4-6-16;/h2-6,17-18,22H,7-15H2,1H3;1H. The Balaban J connectivity index is 0.00000240. The lowest BCUT2D eigenvalue weighted by atomic mass is 9.96. The molecule has 7 nitrogen and oxygen atoms in total. The predicted octanol–water partition coefficient (Wildman–Crippen LogP) is 2.41. The zero-order valence-electron chi connectivity index (χ0n) is 16.9. The van der Waals surface area contributed by atoms with E-state index in [0.717, 1.165) is 63.7 Å². The lowest BCUT2D eigenvalue weighted by molar-refractivity contribution is -0.132. The third kappa shape index (κ3) is 5.35. The van der Waals surface area contributed by atoms with Crippen molar-refractivity contribution >= 4 is 18.3 Å². The molecule has 3 heterocycles. The van der Waals surface area contributed by atoms with Crippen molar-refractivity contribution in [1.82, 2.24) is 25.3 Å². The number of halogens is 1. The van der Waals surface area contributed by atoms with Gasteiger partial charge in [0.1, 0.15) is 0 Å². The number of carbonyl (C=O) groups excluding carboxylic acids is 1. The molecule has 1 aromatic carbocycles. The Labute approximate surface area is 178 Å². The van der Waals surface area contributed by atoms with Crippen LogP contribution in [0.5, 0.6) is 0 Å². The Morgan fingerprint density at radius 2 is 1.97 bits per heavy atom. The zero-order chi connectivity index (χ0) is 19.3. The normalized spacial score (nSPS) is 21.0. The molecule has 158 valence electrons. The molecule has 0 bridgehead atoms. The lowest BCUT2D eigenvalue weighted by Crippen LogP contribution is -2.44. The summed E-state index contributed by atoms with van der Waals surface area (Å²) in [6.07, 6.45) is 3.14. The molecule has 29 heavy (non-hydrogen) atoms. The van der Waals surface area contributed by atoms with Crippen LogP contribution in [0.3, 0.4) is 0 Å². The van der Waals surface area contributed by atoms with Crippen molar-refractivity contribution in [1.29, 1.82) is 0 Å². The molecule has 0 saturated carbocycles. The summed E-state index contributed by atoms with van der Waals surface area (Å²) in [5.74, 6) is 1.99. The number of aromatic nitrogens is 2. The van der Waals surface area contributed by atoms with Gasteiger partial charge < -0.3 is 14.7 Å². The van der Waals surface area contributed by atoms with E-state index in [4.69, 9.17) is 9.51 Å². The molecular formula is C21H30ClN5O2. The van der Waals surface area contributed by atoms with Gasteiger partial charge in [-0.25, -0.2) is 0 Å². The van der Waals surface area contributed by atoms with Crippen LogP contribution in [0.15, 0.2) is 34.9 Å². The third-order valence-electron chi connectivity index (χ3n) is 5.93. The highest BCUT2D eigenvalue weighted by Gasteiger charge is 2.30. The topological polar surface area (TPSA) is 74.5 Å². The van der Waals surface area contributed by atoms with Crippen molar-refractivity contribution < 1.29 is 9.32 Å². The summed E-state index contributed by atoms with van der Waals surface area (Å²) in [4.78, 5) is 21.5. The highest BCUT2D eigenvalue weighted by Crippen LogP contribution is 2.28. The molecule has 2 fully saturated rings. The van der Waals surface area contributed by atoms with Crippen LogP contribution in [0.25, 0.3) is 0 Å². The molecular weight excluding hydrogens is 390 g/mol. The van der Waals surface area contributed by atoms with Gasteiger partial charge in [0.25, 0.3) is 0 Å². The molecule has 1 N–H and O–H groups in total. The summed E-state index contributed by atoms with van der Waals surface area (Å²) in [6.45, 7) is 4.36. The van der Waals surface area contributed by atoms with E-state index in [0.29, 0.717) is 6.42 Å². The summed E-state index contributed by atoms with van der Waals surface area (Å²) in [5, 5.41) is 7.62. The summed E-state index contributed by atoms with van der Waals surface area (Å²) in [6, 6.07) is 10.4. The number of likely N-dealkylation sites (N-methyl/N-ethyl adjacent to an activating group) is 1. The Bertz CT molecular complexity index is 776. The fourth-order valence-electron chi connectivity index (χ4n) is 4.07. The van der Waals surface area contributed by atoms with E-state index < -0.39 is 0 Å². The maximum atomic E-state index is 12.5. The molecule has 1 unspecified atom stereocenters. The first-order valence-corrected chi connectivity index (χ1v) is 10.3. The number of nitrogens with zero attached hydrogens (tertiary/aromatic N) is 4. The van der Waals surface area contributed by atoms with Gasteiger partial charge in [-0.3, -0.25) is 9.69 Å². The Kier molecular flexibility index (Phi) is 7.64. The lowest BCUT2D eigenvalue weighted by Gasteiger charge is -2.31. The van der Waals surface area contributed by atoms with Gasteiger partial charge in [-0.2, -0.15) is 4.98 Å². The van der Waals surface area contributed by atoms with Crippen molar-refractivity contribution in [2.24, 2.45) is 0 Å². The van der Waals surface area contributed by atoms with Crippen molar-refractivity contribution in [3.05, 3.63) is 47.6 Å². The van der Waals surface area contributed by atoms with Crippen molar-refractivity contribution in [3.8, 4) is 0 Å². The molecule has 1 amide bonds. The number of piperazine rings is 1. The molecule has 1 atom stereocenters. The van der Waals surface area contributed by atoms with Crippen LogP contribution < -0.4 is 5.32 Å². The monoisotopic (exact) mass is 419 g/mol. The molecule has 4 rings (SSSR count). The molecule has 2 aliphatic heterocycles. The smallest absolute Gasteiger partial charge is 0.229 e. The quantitative estimate of drug-likeness (QED) is 0.802. The average molecular weight is 420 g/mol. The average Bonchev–Trinajstić information content (AvgIpc) is 3.23. The van der Waals surface area contributed by atoms with E-state index in [-0.39, 0.29) is 30.3 Å². The second-order valence-electron chi connectivity index (χ2n) is 7.83. The van der Waals surface area contributed by atoms with E-state index >= 15 is 0 Å². The highest BCUT2D eigenvalue weighted by molar-refractivity contribution is 5.85. The number of benzene rings is 1. The molecule has 2 aromatic rings. The summed E-state index contributed by atoms with van der Waals surface area (Å²) in [5.41, 5.74) is 1.21. The number of piperidine rings is 1. The molecule has 0 spiro atoms. The van der Waals surface area contributed by atoms with Crippen LogP contribution in [-0.4, -0.2) is 65.6 Å². The number of hydrogen-bond acceptors (Lipinski definition) is 6. The van der Waals surface area contributed by atoms with E-state index in [1.807, 2.05) is 23.1 Å². The maximum Gasteiger partial charge on any atom is 0.229 e. The molecule has 2 aliphatic rings. The Hall–Kier alpha value is -1.96. The first-order valence-electron chi connectivity index (χ1n) is 10.3. The summed E-state index contributed by atoms with van der Waals surface area (Å²) < 4.78 is 5.59. The van der Waals surface area contributed by atoms with E-state index in [9.17, 15) is 4.79 Å². The zero-order valence-corrected chi connectivity index (χ0v) is 17.7. The minimum absolute atomic E-state index is 0. The van der Waals surface area contributed by atoms with Crippen molar-refractivity contribution in [2.75, 3.05) is 39.8 Å². The van der Waals surface area contributed by atoms with Crippen LogP contribution in [0.1, 0.15) is 48.5 Å². The van der Waals surface area contributed by atoms with Crippen LogP contribution in [0.2, 0.25) is 0 Å². The van der Waals surface area contributed by atoms with Crippen LogP contribution in [0.4, 0.5) is 0 Å². The summed E-state index contributed by atoms with van der Waals surface area (Å²) >= 11 is 0. The second-order valence-corrected chi connectivity index (χ2v) is 7.83. The van der Waals surface area contributed by atoms with Gasteiger partial charge in [0.2, 0.25) is 11.8 Å². The van der Waals surface area contributed by atoms with E-state index in [2.05, 4.69) is 34.6 Å².